The number of alkyl halides is 3. The van der Waals surface area contributed by atoms with E-state index in [0.717, 1.165) is 37.0 Å². The average molecular weight is 376 g/mol. The number of anilines is 1. The lowest BCUT2D eigenvalue weighted by atomic mass is 10.1. The molecule has 6 heteroatoms. The van der Waals surface area contributed by atoms with E-state index in [1.54, 1.807) is 13.2 Å². The van der Waals surface area contributed by atoms with Gasteiger partial charge in [-0.25, -0.2) is 0 Å². The zero-order valence-electron chi connectivity index (χ0n) is 15.2. The maximum absolute atomic E-state index is 12.9. The molecule has 2 aromatic carbocycles. The van der Waals surface area contributed by atoms with Crippen LogP contribution in [-0.2, 0) is 6.18 Å². The quantitative estimate of drug-likeness (QED) is 0.761. The second kappa shape index (κ2) is 8.48. The number of hydrogen-bond donors (Lipinski definition) is 0. The summed E-state index contributed by atoms with van der Waals surface area (Å²) in [6, 6.07) is 13.4. The van der Waals surface area contributed by atoms with Gasteiger partial charge in [0.1, 0.15) is 5.75 Å². The summed E-state index contributed by atoms with van der Waals surface area (Å²) in [5.74, 6) is 0.836. The molecule has 0 radical (unpaired) electrons. The molecule has 3 rings (SSSR count). The Hall–Kier alpha value is -2.47. The fourth-order valence-electron chi connectivity index (χ4n) is 3.20. The van der Waals surface area contributed by atoms with Crippen molar-refractivity contribution in [2.75, 3.05) is 44.7 Å². The molecule has 0 saturated carbocycles. The molecule has 27 heavy (non-hydrogen) atoms. The minimum Gasteiger partial charge on any atom is -0.496 e. The third-order valence-electron chi connectivity index (χ3n) is 4.71. The second-order valence-corrected chi connectivity index (χ2v) is 6.48. The first kappa shape index (κ1) is 19.3. The van der Waals surface area contributed by atoms with Crippen LogP contribution in [0.25, 0.3) is 6.08 Å². The first-order valence-electron chi connectivity index (χ1n) is 8.91. The second-order valence-electron chi connectivity index (χ2n) is 6.48. The van der Waals surface area contributed by atoms with E-state index < -0.39 is 11.7 Å². The summed E-state index contributed by atoms with van der Waals surface area (Å²) in [4.78, 5) is 4.30. The normalized spacial score (nSPS) is 16.1. The molecule has 1 fully saturated rings. The van der Waals surface area contributed by atoms with Crippen LogP contribution in [0.15, 0.2) is 54.6 Å². The van der Waals surface area contributed by atoms with Crippen molar-refractivity contribution in [1.82, 2.24) is 4.90 Å². The van der Waals surface area contributed by atoms with Gasteiger partial charge in [0, 0.05) is 44.0 Å². The molecule has 1 saturated heterocycles. The number of piperazine rings is 1. The van der Waals surface area contributed by atoms with Crippen LogP contribution in [0.2, 0.25) is 0 Å². The van der Waals surface area contributed by atoms with Crippen LogP contribution >= 0.6 is 0 Å². The van der Waals surface area contributed by atoms with E-state index in [-0.39, 0.29) is 0 Å². The fourth-order valence-corrected chi connectivity index (χ4v) is 3.20. The van der Waals surface area contributed by atoms with Gasteiger partial charge in [-0.05, 0) is 24.3 Å². The summed E-state index contributed by atoms with van der Waals surface area (Å²) in [7, 11) is 1.65. The van der Waals surface area contributed by atoms with Crippen LogP contribution in [0.1, 0.15) is 11.1 Å². The SMILES string of the molecule is COc1ccccc1C=CCN1CCN(c2cccc(C(F)(F)F)c2)CC1. The van der Waals surface area contributed by atoms with Gasteiger partial charge in [-0.15, -0.1) is 0 Å². The largest absolute Gasteiger partial charge is 0.496 e. The molecule has 0 amide bonds. The number of benzene rings is 2. The van der Waals surface area contributed by atoms with Crippen molar-refractivity contribution in [3.05, 3.63) is 65.7 Å². The molecule has 3 nitrogen and oxygen atoms in total. The smallest absolute Gasteiger partial charge is 0.416 e. The molecule has 0 aliphatic carbocycles. The van der Waals surface area contributed by atoms with Gasteiger partial charge in [-0.3, -0.25) is 4.90 Å². The van der Waals surface area contributed by atoms with Crippen LogP contribution in [0.5, 0.6) is 5.75 Å². The van der Waals surface area contributed by atoms with Gasteiger partial charge in [-0.1, -0.05) is 36.4 Å². The summed E-state index contributed by atoms with van der Waals surface area (Å²) >= 11 is 0. The van der Waals surface area contributed by atoms with E-state index in [9.17, 15) is 13.2 Å². The Bertz CT molecular complexity index is 781. The Morgan fingerprint density at radius 1 is 1.00 bits per heavy atom. The van der Waals surface area contributed by atoms with E-state index in [4.69, 9.17) is 4.74 Å². The third kappa shape index (κ3) is 5.04. The van der Waals surface area contributed by atoms with Gasteiger partial charge in [-0.2, -0.15) is 13.2 Å². The van der Waals surface area contributed by atoms with E-state index >= 15 is 0 Å². The van der Waals surface area contributed by atoms with Crippen molar-refractivity contribution in [3.8, 4) is 5.75 Å². The highest BCUT2D eigenvalue weighted by Crippen LogP contribution is 2.31. The van der Waals surface area contributed by atoms with E-state index in [1.807, 2.05) is 35.2 Å². The highest BCUT2D eigenvalue weighted by Gasteiger charge is 2.31. The standard InChI is InChI=1S/C21H23F3N2O/c1-27-20-10-3-2-6-17(20)7-5-11-25-12-14-26(15-13-25)19-9-4-8-18(16-19)21(22,23)24/h2-10,16H,11-15H2,1H3. The Kier molecular flexibility index (Phi) is 6.06. The van der Waals surface area contributed by atoms with E-state index in [2.05, 4.69) is 11.0 Å². The van der Waals surface area contributed by atoms with Crippen molar-refractivity contribution in [1.29, 1.82) is 0 Å². The van der Waals surface area contributed by atoms with Gasteiger partial charge < -0.3 is 9.64 Å². The molecule has 1 aliphatic heterocycles. The first-order valence-corrected chi connectivity index (χ1v) is 8.91. The predicted octanol–water partition coefficient (Wildman–Crippen LogP) is 4.55. The average Bonchev–Trinajstić information content (AvgIpc) is 2.68. The maximum Gasteiger partial charge on any atom is 0.416 e. The number of hydrogen-bond acceptors (Lipinski definition) is 3. The molecule has 0 atom stereocenters. The Balaban J connectivity index is 1.54. The summed E-state index contributed by atoms with van der Waals surface area (Å²) in [5, 5.41) is 0. The Morgan fingerprint density at radius 3 is 2.44 bits per heavy atom. The van der Waals surface area contributed by atoms with Crippen LogP contribution in [0.3, 0.4) is 0 Å². The summed E-state index contributed by atoms with van der Waals surface area (Å²) in [6.07, 6.45) is -0.170. The van der Waals surface area contributed by atoms with Crippen molar-refractivity contribution < 1.29 is 17.9 Å². The minimum atomic E-state index is -4.30. The zero-order valence-corrected chi connectivity index (χ0v) is 15.2. The van der Waals surface area contributed by atoms with Crippen LogP contribution in [0, 0.1) is 0 Å². The summed E-state index contributed by atoms with van der Waals surface area (Å²) in [5.41, 5.74) is 1.07. The molecule has 144 valence electrons. The Morgan fingerprint density at radius 2 is 1.74 bits per heavy atom. The van der Waals surface area contributed by atoms with Gasteiger partial charge >= 0.3 is 6.18 Å². The lowest BCUT2D eigenvalue weighted by Crippen LogP contribution is -2.46. The molecule has 0 N–H and O–H groups in total. The molecule has 1 heterocycles. The summed E-state index contributed by atoms with van der Waals surface area (Å²) < 4.78 is 44.0. The first-order chi connectivity index (χ1) is 13.0. The van der Waals surface area contributed by atoms with Gasteiger partial charge in [0.15, 0.2) is 0 Å². The van der Waals surface area contributed by atoms with Gasteiger partial charge in [0.2, 0.25) is 0 Å². The monoisotopic (exact) mass is 376 g/mol. The molecular formula is C21H23F3N2O. The van der Waals surface area contributed by atoms with Crippen molar-refractivity contribution in [3.63, 3.8) is 0 Å². The van der Waals surface area contributed by atoms with E-state index in [0.29, 0.717) is 18.8 Å². The molecule has 2 aromatic rings. The van der Waals surface area contributed by atoms with Crippen molar-refractivity contribution in [2.24, 2.45) is 0 Å². The topological polar surface area (TPSA) is 15.7 Å². The lowest BCUT2D eigenvalue weighted by molar-refractivity contribution is -0.137. The molecule has 1 aliphatic rings. The molecule has 0 unspecified atom stereocenters. The molecule has 0 spiro atoms. The molecular weight excluding hydrogens is 353 g/mol. The van der Waals surface area contributed by atoms with Crippen molar-refractivity contribution >= 4 is 11.8 Å². The van der Waals surface area contributed by atoms with Crippen LogP contribution in [-0.4, -0.2) is 44.7 Å². The lowest BCUT2D eigenvalue weighted by Gasteiger charge is -2.35. The highest BCUT2D eigenvalue weighted by molar-refractivity contribution is 5.57. The minimum absolute atomic E-state index is 0.595. The van der Waals surface area contributed by atoms with E-state index in [1.165, 1.54) is 12.1 Å². The van der Waals surface area contributed by atoms with Crippen molar-refractivity contribution in [2.45, 2.75) is 6.18 Å². The van der Waals surface area contributed by atoms with Gasteiger partial charge in [0.25, 0.3) is 0 Å². The fraction of sp³-hybridized carbons (Fsp3) is 0.333. The number of halogens is 3. The third-order valence-corrected chi connectivity index (χ3v) is 4.71. The van der Waals surface area contributed by atoms with Crippen LogP contribution in [0.4, 0.5) is 18.9 Å². The molecule has 0 bridgehead atoms. The maximum atomic E-state index is 12.9. The van der Waals surface area contributed by atoms with Crippen LogP contribution < -0.4 is 9.64 Å². The highest BCUT2D eigenvalue weighted by atomic mass is 19.4. The number of rotatable bonds is 5. The number of methoxy groups -OCH3 is 1. The predicted molar refractivity (Wildman–Crippen MR) is 102 cm³/mol. The number of ether oxygens (including phenoxy) is 1. The molecule has 0 aromatic heterocycles. The zero-order chi connectivity index (χ0) is 19.3. The number of nitrogens with zero attached hydrogens (tertiary/aromatic N) is 2. The van der Waals surface area contributed by atoms with Gasteiger partial charge in [0.05, 0.1) is 12.7 Å². The number of para-hydroxylation sites is 1. The Labute approximate surface area is 157 Å². The summed E-state index contributed by atoms with van der Waals surface area (Å²) in [6.45, 7) is 3.85.